The first-order valence-electron chi connectivity index (χ1n) is 13.1. The van der Waals surface area contributed by atoms with Crippen LogP contribution < -0.4 is 14.8 Å². The fourth-order valence-corrected chi connectivity index (χ4v) is 4.53. The Labute approximate surface area is 241 Å². The van der Waals surface area contributed by atoms with E-state index in [1.54, 1.807) is 30.2 Å². The molecule has 3 rings (SSSR count). The first-order valence-corrected chi connectivity index (χ1v) is 13.9. The van der Waals surface area contributed by atoms with Crippen molar-refractivity contribution in [3.05, 3.63) is 94.0 Å². The molecule has 0 aromatic heterocycles. The topological polar surface area (TPSA) is 67.9 Å². The van der Waals surface area contributed by atoms with Crippen molar-refractivity contribution in [2.24, 2.45) is 0 Å². The summed E-state index contributed by atoms with van der Waals surface area (Å²) in [6.07, 6.45) is 1.86. The molecule has 0 unspecified atom stereocenters. The van der Waals surface area contributed by atoms with Crippen LogP contribution in [0.2, 0.25) is 10.0 Å². The van der Waals surface area contributed by atoms with Crippen molar-refractivity contribution in [2.45, 2.75) is 58.2 Å². The Kier molecular flexibility index (Phi) is 12.0. The van der Waals surface area contributed by atoms with E-state index in [2.05, 4.69) is 5.32 Å². The van der Waals surface area contributed by atoms with Crippen LogP contribution in [0.1, 0.15) is 44.2 Å². The van der Waals surface area contributed by atoms with E-state index in [-0.39, 0.29) is 30.8 Å². The second kappa shape index (κ2) is 15.4. The molecule has 0 aliphatic carbocycles. The molecule has 0 fully saturated rings. The van der Waals surface area contributed by atoms with Gasteiger partial charge in [-0.15, -0.1) is 0 Å². The molecule has 208 valence electrons. The van der Waals surface area contributed by atoms with Crippen LogP contribution >= 0.6 is 23.2 Å². The van der Waals surface area contributed by atoms with E-state index in [0.717, 1.165) is 23.3 Å². The number of benzene rings is 3. The maximum atomic E-state index is 13.7. The number of hydrogen-bond donors (Lipinski definition) is 1. The number of nitrogens with one attached hydrogen (secondary N) is 1. The quantitative estimate of drug-likeness (QED) is 0.218. The first kappa shape index (κ1) is 30.3. The molecule has 6 nitrogen and oxygen atoms in total. The van der Waals surface area contributed by atoms with Crippen molar-refractivity contribution in [1.29, 1.82) is 0 Å². The number of carbonyl (C=O) groups is 2. The van der Waals surface area contributed by atoms with Crippen LogP contribution in [0.25, 0.3) is 0 Å². The standard InChI is InChI=1S/C31H36Cl2N2O4/c1-4-22(2)34-31(37)29(19-23-9-6-5-7-10-23)35(21-24-12-13-25(32)20-28(24)33)30(36)11-8-18-39-27-16-14-26(38-3)15-17-27/h5-7,9-10,12-17,20,22,29H,4,8,11,18-19,21H2,1-3H3,(H,34,37)/t22-,29+/m0/s1. The molecule has 2 atom stereocenters. The van der Waals surface area contributed by atoms with Gasteiger partial charge in [-0.2, -0.15) is 0 Å². The molecule has 0 saturated heterocycles. The highest BCUT2D eigenvalue weighted by Crippen LogP contribution is 2.25. The van der Waals surface area contributed by atoms with Crippen molar-refractivity contribution in [1.82, 2.24) is 10.2 Å². The summed E-state index contributed by atoms with van der Waals surface area (Å²) in [5.41, 5.74) is 1.68. The molecule has 8 heteroatoms. The van der Waals surface area contributed by atoms with Gasteiger partial charge < -0.3 is 19.7 Å². The Morgan fingerprint density at radius 1 is 0.974 bits per heavy atom. The van der Waals surface area contributed by atoms with Crippen molar-refractivity contribution < 1.29 is 19.1 Å². The Balaban J connectivity index is 1.81. The van der Waals surface area contributed by atoms with Crippen LogP contribution in [0.5, 0.6) is 11.5 Å². The van der Waals surface area contributed by atoms with Gasteiger partial charge in [-0.25, -0.2) is 0 Å². The highest BCUT2D eigenvalue weighted by molar-refractivity contribution is 6.35. The number of ether oxygens (including phenoxy) is 2. The molecule has 0 saturated carbocycles. The Morgan fingerprint density at radius 3 is 2.31 bits per heavy atom. The van der Waals surface area contributed by atoms with E-state index in [9.17, 15) is 9.59 Å². The smallest absolute Gasteiger partial charge is 0.243 e. The molecule has 2 amide bonds. The van der Waals surface area contributed by atoms with Gasteiger partial charge in [-0.3, -0.25) is 9.59 Å². The van der Waals surface area contributed by atoms with Gasteiger partial charge in [-0.1, -0.05) is 66.5 Å². The number of hydrogen-bond acceptors (Lipinski definition) is 4. The fourth-order valence-electron chi connectivity index (χ4n) is 4.06. The van der Waals surface area contributed by atoms with E-state index in [0.29, 0.717) is 35.2 Å². The Bertz CT molecular complexity index is 1200. The summed E-state index contributed by atoms with van der Waals surface area (Å²) in [5, 5.41) is 4.03. The summed E-state index contributed by atoms with van der Waals surface area (Å²) < 4.78 is 11.0. The van der Waals surface area contributed by atoms with Crippen LogP contribution in [0.15, 0.2) is 72.8 Å². The van der Waals surface area contributed by atoms with E-state index < -0.39 is 6.04 Å². The lowest BCUT2D eigenvalue weighted by Crippen LogP contribution is -2.52. The van der Waals surface area contributed by atoms with Gasteiger partial charge in [0.1, 0.15) is 17.5 Å². The molecule has 0 spiro atoms. The Morgan fingerprint density at radius 2 is 1.67 bits per heavy atom. The second-order valence-corrected chi connectivity index (χ2v) is 10.3. The molecule has 0 heterocycles. The molecule has 0 aliphatic rings. The van der Waals surface area contributed by atoms with Crippen LogP contribution in [0, 0.1) is 0 Å². The zero-order chi connectivity index (χ0) is 28.2. The number of rotatable bonds is 14. The summed E-state index contributed by atoms with van der Waals surface area (Å²) in [5.74, 6) is 1.10. The third-order valence-electron chi connectivity index (χ3n) is 6.49. The van der Waals surface area contributed by atoms with E-state index in [1.807, 2.05) is 68.4 Å². The third kappa shape index (κ3) is 9.48. The van der Waals surface area contributed by atoms with Crippen molar-refractivity contribution in [3.8, 4) is 11.5 Å². The van der Waals surface area contributed by atoms with E-state index in [4.69, 9.17) is 32.7 Å². The van der Waals surface area contributed by atoms with Crippen LogP contribution in [0.3, 0.4) is 0 Å². The Hall–Kier alpha value is -3.22. The number of halogens is 2. The molecule has 3 aromatic carbocycles. The molecule has 0 aliphatic heterocycles. The van der Waals surface area contributed by atoms with Gasteiger partial charge in [0.05, 0.1) is 13.7 Å². The summed E-state index contributed by atoms with van der Waals surface area (Å²) in [4.78, 5) is 28.9. The molecule has 39 heavy (non-hydrogen) atoms. The molecule has 0 bridgehead atoms. The van der Waals surface area contributed by atoms with Crippen LogP contribution in [-0.2, 0) is 22.6 Å². The monoisotopic (exact) mass is 570 g/mol. The lowest BCUT2D eigenvalue weighted by Gasteiger charge is -2.32. The van der Waals surface area contributed by atoms with Gasteiger partial charge in [0.15, 0.2) is 0 Å². The number of amides is 2. The SMILES string of the molecule is CC[C@H](C)NC(=O)[C@@H](Cc1ccccc1)N(Cc1ccc(Cl)cc1Cl)C(=O)CCCOc1ccc(OC)cc1. The van der Waals surface area contributed by atoms with E-state index >= 15 is 0 Å². The number of methoxy groups -OCH3 is 1. The zero-order valence-corrected chi connectivity index (χ0v) is 24.2. The van der Waals surface area contributed by atoms with Gasteiger partial charge >= 0.3 is 0 Å². The minimum Gasteiger partial charge on any atom is -0.497 e. The molecular weight excluding hydrogens is 535 g/mol. The molecule has 0 radical (unpaired) electrons. The number of nitrogens with zero attached hydrogens (tertiary/aromatic N) is 1. The summed E-state index contributed by atoms with van der Waals surface area (Å²) in [6.45, 7) is 4.50. The van der Waals surface area contributed by atoms with Crippen LogP contribution in [-0.4, -0.2) is 42.5 Å². The number of carbonyl (C=O) groups excluding carboxylic acids is 2. The molecular formula is C31H36Cl2N2O4. The van der Waals surface area contributed by atoms with Gasteiger partial charge in [0, 0.05) is 35.5 Å². The zero-order valence-electron chi connectivity index (χ0n) is 22.7. The minimum atomic E-state index is -0.719. The highest BCUT2D eigenvalue weighted by atomic mass is 35.5. The largest absolute Gasteiger partial charge is 0.497 e. The predicted molar refractivity (Wildman–Crippen MR) is 157 cm³/mol. The summed E-state index contributed by atoms with van der Waals surface area (Å²) >= 11 is 12.6. The normalized spacial score (nSPS) is 12.3. The van der Waals surface area contributed by atoms with E-state index in [1.165, 1.54) is 0 Å². The molecule has 3 aromatic rings. The minimum absolute atomic E-state index is 0.0234. The van der Waals surface area contributed by atoms with Crippen LogP contribution in [0.4, 0.5) is 0 Å². The van der Waals surface area contributed by atoms with Gasteiger partial charge in [-0.05, 0) is 67.3 Å². The van der Waals surface area contributed by atoms with Crippen molar-refractivity contribution >= 4 is 35.0 Å². The van der Waals surface area contributed by atoms with Gasteiger partial charge in [0.2, 0.25) is 11.8 Å². The fraction of sp³-hybridized carbons (Fsp3) is 0.355. The highest BCUT2D eigenvalue weighted by Gasteiger charge is 2.31. The maximum Gasteiger partial charge on any atom is 0.243 e. The maximum absolute atomic E-state index is 13.7. The first-order chi connectivity index (χ1) is 18.8. The second-order valence-electron chi connectivity index (χ2n) is 9.41. The van der Waals surface area contributed by atoms with Crippen molar-refractivity contribution in [3.63, 3.8) is 0 Å². The predicted octanol–water partition coefficient (Wildman–Crippen LogP) is 6.72. The summed E-state index contributed by atoms with van der Waals surface area (Å²) in [7, 11) is 1.61. The summed E-state index contributed by atoms with van der Waals surface area (Å²) in [6, 6.07) is 21.4. The lowest BCUT2D eigenvalue weighted by atomic mass is 10.0. The lowest BCUT2D eigenvalue weighted by molar-refractivity contribution is -0.141. The average Bonchev–Trinajstić information content (AvgIpc) is 2.94. The average molecular weight is 572 g/mol. The van der Waals surface area contributed by atoms with Gasteiger partial charge in [0.25, 0.3) is 0 Å². The van der Waals surface area contributed by atoms with Crippen molar-refractivity contribution in [2.75, 3.05) is 13.7 Å². The third-order valence-corrected chi connectivity index (χ3v) is 7.08. The molecule has 1 N–H and O–H groups in total.